The molecule has 92 valence electrons. The molecule has 0 saturated heterocycles. The number of carbonyl (C=O) groups is 1. The van der Waals surface area contributed by atoms with Crippen LogP contribution in [0.3, 0.4) is 0 Å². The van der Waals surface area contributed by atoms with Crippen LogP contribution in [-0.2, 0) is 4.79 Å². The van der Waals surface area contributed by atoms with Crippen molar-refractivity contribution in [2.24, 2.45) is 17.3 Å². The third kappa shape index (κ3) is 1.97. The number of hydrogen-bond acceptors (Lipinski definition) is 1. The van der Waals surface area contributed by atoms with Crippen molar-refractivity contribution in [3.8, 4) is 0 Å². The van der Waals surface area contributed by atoms with E-state index >= 15 is 0 Å². The van der Waals surface area contributed by atoms with Crippen LogP contribution >= 0.6 is 0 Å². The smallest absolute Gasteiger partial charge is 0.307 e. The number of carboxylic acid groups (broad SMARTS) is 1. The summed E-state index contributed by atoms with van der Waals surface area (Å²) in [5, 5.41) is 9.33. The van der Waals surface area contributed by atoms with Crippen molar-refractivity contribution in [3.05, 3.63) is 35.9 Å². The monoisotopic (exact) mass is 232 g/mol. The number of benzene rings is 1. The first-order valence-electron chi connectivity index (χ1n) is 6.22. The first-order valence-corrected chi connectivity index (χ1v) is 6.22. The van der Waals surface area contributed by atoms with E-state index < -0.39 is 5.97 Å². The summed E-state index contributed by atoms with van der Waals surface area (Å²) in [7, 11) is 0. The third-order valence-corrected chi connectivity index (χ3v) is 4.69. The standard InChI is InChI=1S/C15H20O2/c1-10-12(11-7-5-4-6-8-11)9-13(14(16)17)15(10,2)3/h4-8,10,12-13H,9H2,1-3H3,(H,16,17)/t10-,12-,13+/m0/s1. The highest BCUT2D eigenvalue weighted by atomic mass is 16.4. The summed E-state index contributed by atoms with van der Waals surface area (Å²) in [6.45, 7) is 6.35. The van der Waals surface area contributed by atoms with Gasteiger partial charge in [-0.15, -0.1) is 0 Å². The maximum atomic E-state index is 11.3. The van der Waals surface area contributed by atoms with Gasteiger partial charge < -0.3 is 5.11 Å². The molecule has 1 aliphatic rings. The van der Waals surface area contributed by atoms with Crippen molar-refractivity contribution in [2.75, 3.05) is 0 Å². The quantitative estimate of drug-likeness (QED) is 0.846. The molecule has 0 unspecified atom stereocenters. The molecule has 17 heavy (non-hydrogen) atoms. The normalized spacial score (nSPS) is 31.4. The van der Waals surface area contributed by atoms with Crippen molar-refractivity contribution < 1.29 is 9.90 Å². The average molecular weight is 232 g/mol. The zero-order valence-electron chi connectivity index (χ0n) is 10.7. The minimum absolute atomic E-state index is 0.133. The van der Waals surface area contributed by atoms with E-state index in [-0.39, 0.29) is 11.3 Å². The Kier molecular flexibility index (Phi) is 2.98. The summed E-state index contributed by atoms with van der Waals surface area (Å²) in [6.07, 6.45) is 0.757. The van der Waals surface area contributed by atoms with Crippen LogP contribution in [-0.4, -0.2) is 11.1 Å². The lowest BCUT2D eigenvalue weighted by Crippen LogP contribution is -2.29. The fourth-order valence-corrected chi connectivity index (χ4v) is 3.14. The van der Waals surface area contributed by atoms with Crippen molar-refractivity contribution in [1.82, 2.24) is 0 Å². The average Bonchev–Trinajstić information content (AvgIpc) is 2.52. The van der Waals surface area contributed by atoms with E-state index in [1.165, 1.54) is 5.56 Å². The molecule has 0 bridgehead atoms. The highest BCUT2D eigenvalue weighted by Crippen LogP contribution is 2.54. The largest absolute Gasteiger partial charge is 0.481 e. The first kappa shape index (κ1) is 12.2. The summed E-state index contributed by atoms with van der Waals surface area (Å²) in [6, 6.07) is 10.3. The van der Waals surface area contributed by atoms with Crippen LogP contribution in [0.15, 0.2) is 30.3 Å². The van der Waals surface area contributed by atoms with Crippen molar-refractivity contribution >= 4 is 5.97 Å². The maximum absolute atomic E-state index is 11.3. The Morgan fingerprint density at radius 1 is 1.29 bits per heavy atom. The Morgan fingerprint density at radius 2 is 1.88 bits per heavy atom. The molecule has 0 aromatic heterocycles. The van der Waals surface area contributed by atoms with Gasteiger partial charge in [0.1, 0.15) is 0 Å². The molecule has 1 N–H and O–H groups in total. The summed E-state index contributed by atoms with van der Waals surface area (Å²) in [5.41, 5.74) is 1.14. The molecule has 0 aliphatic heterocycles. The van der Waals surface area contributed by atoms with Crippen molar-refractivity contribution in [2.45, 2.75) is 33.1 Å². The minimum Gasteiger partial charge on any atom is -0.481 e. The van der Waals surface area contributed by atoms with Crippen LogP contribution in [0.25, 0.3) is 0 Å². The fraction of sp³-hybridized carbons (Fsp3) is 0.533. The zero-order chi connectivity index (χ0) is 12.6. The summed E-state index contributed by atoms with van der Waals surface area (Å²) < 4.78 is 0. The van der Waals surface area contributed by atoms with Gasteiger partial charge in [-0.3, -0.25) is 4.79 Å². The molecule has 2 heteroatoms. The van der Waals surface area contributed by atoms with Gasteiger partial charge in [0.05, 0.1) is 5.92 Å². The van der Waals surface area contributed by atoms with Crippen LogP contribution in [0, 0.1) is 17.3 Å². The Bertz CT molecular complexity index is 408. The molecule has 1 aromatic carbocycles. The SMILES string of the molecule is C[C@H]1[C@@H](c2ccccc2)C[C@H](C(=O)O)C1(C)C. The molecule has 2 nitrogen and oxygen atoms in total. The summed E-state index contributed by atoms with van der Waals surface area (Å²) >= 11 is 0. The van der Waals surface area contributed by atoms with Gasteiger partial charge in [0.15, 0.2) is 0 Å². The van der Waals surface area contributed by atoms with Gasteiger partial charge in [0, 0.05) is 0 Å². The third-order valence-electron chi connectivity index (χ3n) is 4.69. The highest BCUT2D eigenvalue weighted by molar-refractivity contribution is 5.72. The topological polar surface area (TPSA) is 37.3 Å². The molecular formula is C15H20O2. The number of carboxylic acids is 1. The van der Waals surface area contributed by atoms with E-state index in [0.29, 0.717) is 11.8 Å². The Balaban J connectivity index is 2.32. The van der Waals surface area contributed by atoms with Gasteiger partial charge >= 0.3 is 5.97 Å². The maximum Gasteiger partial charge on any atom is 0.307 e. The Hall–Kier alpha value is -1.31. The highest BCUT2D eigenvalue weighted by Gasteiger charge is 2.50. The van der Waals surface area contributed by atoms with E-state index in [9.17, 15) is 9.90 Å². The van der Waals surface area contributed by atoms with E-state index in [4.69, 9.17) is 0 Å². The van der Waals surface area contributed by atoms with Crippen molar-refractivity contribution in [1.29, 1.82) is 0 Å². The van der Waals surface area contributed by atoms with E-state index in [1.54, 1.807) is 0 Å². The lowest BCUT2D eigenvalue weighted by Gasteiger charge is -2.30. The Morgan fingerprint density at radius 3 is 2.35 bits per heavy atom. The second kappa shape index (κ2) is 4.17. The van der Waals surface area contributed by atoms with Gasteiger partial charge in [0.25, 0.3) is 0 Å². The van der Waals surface area contributed by atoms with Crippen LogP contribution in [0.4, 0.5) is 0 Å². The summed E-state index contributed by atoms with van der Waals surface area (Å²) in [4.78, 5) is 11.3. The lowest BCUT2D eigenvalue weighted by atomic mass is 9.74. The first-order chi connectivity index (χ1) is 7.94. The van der Waals surface area contributed by atoms with Crippen molar-refractivity contribution in [3.63, 3.8) is 0 Å². The van der Waals surface area contributed by atoms with Crippen LogP contribution in [0.1, 0.15) is 38.7 Å². The molecule has 1 aliphatic carbocycles. The van der Waals surface area contributed by atoms with E-state index in [0.717, 1.165) is 6.42 Å². The van der Waals surface area contributed by atoms with Gasteiger partial charge in [-0.2, -0.15) is 0 Å². The molecule has 2 rings (SSSR count). The predicted molar refractivity (Wildman–Crippen MR) is 67.9 cm³/mol. The van der Waals surface area contributed by atoms with Crippen LogP contribution < -0.4 is 0 Å². The number of rotatable bonds is 2. The van der Waals surface area contributed by atoms with E-state index in [1.807, 2.05) is 18.2 Å². The second-order valence-corrected chi connectivity index (χ2v) is 5.75. The van der Waals surface area contributed by atoms with Crippen LogP contribution in [0.2, 0.25) is 0 Å². The van der Waals surface area contributed by atoms with Crippen LogP contribution in [0.5, 0.6) is 0 Å². The molecule has 1 saturated carbocycles. The van der Waals surface area contributed by atoms with Gasteiger partial charge in [0.2, 0.25) is 0 Å². The van der Waals surface area contributed by atoms with Gasteiger partial charge in [-0.05, 0) is 29.2 Å². The molecule has 0 spiro atoms. The van der Waals surface area contributed by atoms with Gasteiger partial charge in [-0.1, -0.05) is 51.1 Å². The molecule has 0 amide bonds. The predicted octanol–water partition coefficient (Wildman–Crippen LogP) is 3.54. The molecule has 1 fully saturated rings. The number of aliphatic carboxylic acids is 1. The van der Waals surface area contributed by atoms with E-state index in [2.05, 4.69) is 32.9 Å². The van der Waals surface area contributed by atoms with Gasteiger partial charge in [-0.25, -0.2) is 0 Å². The molecule has 3 atom stereocenters. The zero-order valence-corrected chi connectivity index (χ0v) is 10.7. The fourth-order valence-electron chi connectivity index (χ4n) is 3.14. The summed E-state index contributed by atoms with van der Waals surface area (Å²) in [5.74, 6) is -0.124. The number of hydrogen-bond donors (Lipinski definition) is 1. The lowest BCUT2D eigenvalue weighted by molar-refractivity contribution is -0.145. The molecule has 0 radical (unpaired) electrons. The molecule has 0 heterocycles. The second-order valence-electron chi connectivity index (χ2n) is 5.75. The molecular weight excluding hydrogens is 212 g/mol. The Labute approximate surface area is 103 Å². The minimum atomic E-state index is -0.653. The molecule has 1 aromatic rings.